The van der Waals surface area contributed by atoms with Gasteiger partial charge in [0, 0.05) is 33.9 Å². The van der Waals surface area contributed by atoms with Crippen LogP contribution in [0.2, 0.25) is 0 Å². The highest BCUT2D eigenvalue weighted by Crippen LogP contribution is 2.34. The lowest BCUT2D eigenvalue weighted by Gasteiger charge is -2.10. The molecule has 0 saturated heterocycles. The predicted octanol–water partition coefficient (Wildman–Crippen LogP) is 5.83. The van der Waals surface area contributed by atoms with Gasteiger partial charge in [0.15, 0.2) is 0 Å². The van der Waals surface area contributed by atoms with Crippen LogP contribution in [0.1, 0.15) is 22.2 Å². The van der Waals surface area contributed by atoms with E-state index in [2.05, 4.69) is 10.6 Å². The number of carbonyl (C=O) groups excluding carboxylic acids is 2. The molecule has 7 heteroatoms. The molecule has 0 aliphatic heterocycles. The van der Waals surface area contributed by atoms with Gasteiger partial charge in [-0.2, -0.15) is 0 Å². The molecule has 0 radical (unpaired) electrons. The van der Waals surface area contributed by atoms with E-state index < -0.39 is 5.82 Å². The number of benzene rings is 3. The van der Waals surface area contributed by atoms with Crippen molar-refractivity contribution in [3.05, 3.63) is 89.1 Å². The van der Waals surface area contributed by atoms with Crippen LogP contribution in [0.25, 0.3) is 10.1 Å². The molecule has 31 heavy (non-hydrogen) atoms. The molecule has 2 amide bonds. The topological polar surface area (TPSA) is 67.4 Å². The quantitative estimate of drug-likeness (QED) is 0.401. The van der Waals surface area contributed by atoms with Gasteiger partial charge in [0.2, 0.25) is 5.91 Å². The molecule has 0 bridgehead atoms. The van der Waals surface area contributed by atoms with Crippen molar-refractivity contribution in [1.82, 2.24) is 0 Å². The van der Waals surface area contributed by atoms with Gasteiger partial charge in [-0.25, -0.2) is 4.39 Å². The van der Waals surface area contributed by atoms with Crippen LogP contribution in [-0.2, 0) is 11.4 Å². The van der Waals surface area contributed by atoms with Gasteiger partial charge in [-0.1, -0.05) is 30.3 Å². The Morgan fingerprint density at radius 1 is 0.935 bits per heavy atom. The highest BCUT2D eigenvalue weighted by molar-refractivity contribution is 7.21. The number of ether oxygens (including phenoxy) is 1. The second-order valence-corrected chi connectivity index (χ2v) is 7.89. The highest BCUT2D eigenvalue weighted by atomic mass is 32.1. The third kappa shape index (κ3) is 4.73. The summed E-state index contributed by atoms with van der Waals surface area (Å²) in [5, 5.41) is 5.90. The highest BCUT2D eigenvalue weighted by Gasteiger charge is 2.21. The van der Waals surface area contributed by atoms with Crippen LogP contribution in [0.5, 0.6) is 5.75 Å². The molecule has 1 aromatic heterocycles. The van der Waals surface area contributed by atoms with Gasteiger partial charge in [-0.15, -0.1) is 11.3 Å². The monoisotopic (exact) mass is 434 g/mol. The Morgan fingerprint density at radius 3 is 2.39 bits per heavy atom. The molecule has 0 spiro atoms. The summed E-state index contributed by atoms with van der Waals surface area (Å²) in [6.45, 7) is 1.47. The molecule has 2 N–H and O–H groups in total. The number of carbonyl (C=O) groups is 2. The average molecular weight is 434 g/mol. The second-order valence-electron chi connectivity index (χ2n) is 6.84. The first-order valence-electron chi connectivity index (χ1n) is 9.58. The van der Waals surface area contributed by atoms with Crippen molar-refractivity contribution in [3.8, 4) is 5.75 Å². The number of halogens is 1. The smallest absolute Gasteiger partial charge is 0.266 e. The van der Waals surface area contributed by atoms with Gasteiger partial charge in [0.05, 0.1) is 0 Å². The maximum absolute atomic E-state index is 14.6. The maximum Gasteiger partial charge on any atom is 0.266 e. The number of rotatable bonds is 6. The second kappa shape index (κ2) is 8.97. The predicted molar refractivity (Wildman–Crippen MR) is 121 cm³/mol. The summed E-state index contributed by atoms with van der Waals surface area (Å²) in [4.78, 5) is 24.8. The van der Waals surface area contributed by atoms with Crippen molar-refractivity contribution in [2.75, 3.05) is 10.6 Å². The molecule has 0 fully saturated rings. The standard InChI is InChI=1S/C24H19FN2O3S/c1-15(28)26-16-7-5-8-17(13-16)27-24(29)23-19(14-30-18-9-3-2-4-10-18)22-20(25)11-6-12-21(22)31-23/h2-13H,14H2,1H3,(H,26,28)(H,27,29). The summed E-state index contributed by atoms with van der Waals surface area (Å²) in [7, 11) is 0. The molecule has 0 atom stereocenters. The van der Waals surface area contributed by atoms with Crippen LogP contribution in [0.15, 0.2) is 72.8 Å². The Kier molecular flexibility index (Phi) is 5.95. The van der Waals surface area contributed by atoms with Crippen molar-refractivity contribution in [3.63, 3.8) is 0 Å². The van der Waals surface area contributed by atoms with Gasteiger partial charge in [0.1, 0.15) is 23.1 Å². The number of amides is 2. The Labute approximate surface area is 182 Å². The van der Waals surface area contributed by atoms with Crippen LogP contribution >= 0.6 is 11.3 Å². The molecule has 4 rings (SSSR count). The van der Waals surface area contributed by atoms with E-state index in [1.54, 1.807) is 48.5 Å². The van der Waals surface area contributed by atoms with Crippen LogP contribution in [0.3, 0.4) is 0 Å². The fourth-order valence-electron chi connectivity index (χ4n) is 3.23. The fraction of sp³-hybridized carbons (Fsp3) is 0.0833. The zero-order valence-corrected chi connectivity index (χ0v) is 17.5. The molecule has 3 aromatic carbocycles. The SMILES string of the molecule is CC(=O)Nc1cccc(NC(=O)c2sc3cccc(F)c3c2COc2ccccc2)c1. The molecule has 156 valence electrons. The Hall–Kier alpha value is -3.71. The van der Waals surface area contributed by atoms with Gasteiger partial charge in [0.25, 0.3) is 5.91 Å². The summed E-state index contributed by atoms with van der Waals surface area (Å²) >= 11 is 1.21. The number of thiophene rings is 1. The van der Waals surface area contributed by atoms with Crippen molar-refractivity contribution < 1.29 is 18.7 Å². The van der Waals surface area contributed by atoms with E-state index >= 15 is 0 Å². The van der Waals surface area contributed by atoms with Crippen LogP contribution < -0.4 is 15.4 Å². The zero-order valence-electron chi connectivity index (χ0n) is 16.6. The lowest BCUT2D eigenvalue weighted by molar-refractivity contribution is -0.114. The molecule has 0 saturated carbocycles. The summed E-state index contributed by atoms with van der Waals surface area (Å²) in [6, 6.07) is 20.8. The molecule has 0 aliphatic rings. The zero-order chi connectivity index (χ0) is 21.8. The first-order valence-corrected chi connectivity index (χ1v) is 10.4. The van der Waals surface area contributed by atoms with Crippen molar-refractivity contribution in [1.29, 1.82) is 0 Å². The molecular weight excluding hydrogens is 415 g/mol. The van der Waals surface area contributed by atoms with Gasteiger partial charge >= 0.3 is 0 Å². The van der Waals surface area contributed by atoms with Gasteiger partial charge < -0.3 is 15.4 Å². The number of nitrogens with one attached hydrogen (secondary N) is 2. The number of hydrogen-bond acceptors (Lipinski definition) is 4. The summed E-state index contributed by atoms with van der Waals surface area (Å²) < 4.78 is 21.1. The molecule has 1 heterocycles. The first-order chi connectivity index (χ1) is 15.0. The van der Waals surface area contributed by atoms with Crippen molar-refractivity contribution in [2.45, 2.75) is 13.5 Å². The summed E-state index contributed by atoms with van der Waals surface area (Å²) in [6.07, 6.45) is 0. The van der Waals surface area contributed by atoms with E-state index in [9.17, 15) is 14.0 Å². The van der Waals surface area contributed by atoms with Crippen LogP contribution in [-0.4, -0.2) is 11.8 Å². The first kappa shape index (κ1) is 20.6. The van der Waals surface area contributed by atoms with E-state index in [1.165, 1.54) is 24.3 Å². The van der Waals surface area contributed by atoms with E-state index in [-0.39, 0.29) is 18.4 Å². The van der Waals surface area contributed by atoms with E-state index in [1.807, 2.05) is 18.2 Å². The minimum absolute atomic E-state index is 0.0552. The third-order valence-corrected chi connectivity index (χ3v) is 5.73. The van der Waals surface area contributed by atoms with Gasteiger partial charge in [-0.05, 0) is 42.5 Å². The number of anilines is 2. The number of hydrogen-bond donors (Lipinski definition) is 2. The lowest BCUT2D eigenvalue weighted by atomic mass is 10.1. The Balaban J connectivity index is 1.65. The van der Waals surface area contributed by atoms with Crippen molar-refractivity contribution in [2.24, 2.45) is 0 Å². The van der Waals surface area contributed by atoms with E-state index in [0.29, 0.717) is 37.7 Å². The van der Waals surface area contributed by atoms with Crippen LogP contribution in [0.4, 0.5) is 15.8 Å². The Morgan fingerprint density at radius 2 is 1.65 bits per heavy atom. The minimum Gasteiger partial charge on any atom is -0.489 e. The van der Waals surface area contributed by atoms with Crippen molar-refractivity contribution >= 4 is 44.6 Å². The maximum atomic E-state index is 14.6. The molecule has 0 unspecified atom stereocenters. The van der Waals surface area contributed by atoms with E-state index in [0.717, 1.165) is 0 Å². The van der Waals surface area contributed by atoms with E-state index in [4.69, 9.17) is 4.74 Å². The lowest BCUT2D eigenvalue weighted by Crippen LogP contribution is -2.14. The Bertz CT molecular complexity index is 1250. The largest absolute Gasteiger partial charge is 0.489 e. The fourth-order valence-corrected chi connectivity index (χ4v) is 4.34. The molecular formula is C24H19FN2O3S. The third-order valence-electron chi connectivity index (χ3n) is 4.54. The summed E-state index contributed by atoms with van der Waals surface area (Å²) in [5.74, 6) is -0.337. The van der Waals surface area contributed by atoms with Gasteiger partial charge in [-0.3, -0.25) is 9.59 Å². The molecule has 0 aliphatic carbocycles. The molecule has 4 aromatic rings. The number of para-hydroxylation sites is 1. The summed E-state index contributed by atoms with van der Waals surface area (Å²) in [5.41, 5.74) is 1.59. The molecule has 5 nitrogen and oxygen atoms in total. The number of fused-ring (bicyclic) bond motifs is 1. The van der Waals surface area contributed by atoms with Crippen LogP contribution in [0, 0.1) is 5.82 Å². The normalized spacial score (nSPS) is 10.6. The average Bonchev–Trinajstić information content (AvgIpc) is 3.13. The minimum atomic E-state index is -0.396.